The van der Waals surface area contributed by atoms with Crippen molar-refractivity contribution in [2.24, 2.45) is 0 Å². The molecule has 0 radical (unpaired) electrons. The maximum atomic E-state index is 14.6. The second-order valence-corrected chi connectivity index (χ2v) is 6.61. The molecule has 0 atom stereocenters. The van der Waals surface area contributed by atoms with Gasteiger partial charge in [0.15, 0.2) is 0 Å². The summed E-state index contributed by atoms with van der Waals surface area (Å²) in [6.07, 6.45) is 2.63. The summed E-state index contributed by atoms with van der Waals surface area (Å²) in [6.45, 7) is 1.28. The van der Waals surface area contributed by atoms with Gasteiger partial charge in [-0.3, -0.25) is 4.79 Å². The van der Waals surface area contributed by atoms with Crippen molar-refractivity contribution in [2.45, 2.75) is 6.92 Å². The van der Waals surface area contributed by atoms with Crippen LogP contribution in [0.15, 0.2) is 59.5 Å². The number of aromatic nitrogens is 3. The van der Waals surface area contributed by atoms with Gasteiger partial charge in [0, 0.05) is 31.3 Å². The first-order valence-corrected chi connectivity index (χ1v) is 9.26. The highest BCUT2D eigenvalue weighted by Gasteiger charge is 2.31. The fourth-order valence-corrected chi connectivity index (χ4v) is 3.23. The van der Waals surface area contributed by atoms with Crippen LogP contribution in [-0.4, -0.2) is 28.1 Å². The molecule has 7 nitrogen and oxygen atoms in total. The van der Waals surface area contributed by atoms with Crippen molar-refractivity contribution < 1.29 is 27.2 Å². The molecular weight excluding hydrogens is 425 g/mol. The summed E-state index contributed by atoms with van der Waals surface area (Å²) in [6, 6.07) is 9.06. The van der Waals surface area contributed by atoms with Gasteiger partial charge in [-0.25, -0.2) is 28.0 Å². The molecule has 162 valence electrons. The number of methoxy groups -OCH3 is 1. The SMILES string of the molecule is COc1cccc(N(C(C)=O)c2onc(-c3c(F)cc(F)cc3F)c2-c2ccncn2)c1. The van der Waals surface area contributed by atoms with Crippen LogP contribution in [0, 0.1) is 17.5 Å². The standard InChI is InChI=1S/C22H15F3N4O3/c1-12(30)29(14-4-3-5-15(10-14)31-2)22-20(18-6-7-26-11-27-18)21(28-32-22)19-16(24)8-13(23)9-17(19)25/h3-11H,1-2H3. The van der Waals surface area contributed by atoms with Crippen molar-refractivity contribution in [1.29, 1.82) is 0 Å². The third-order valence-electron chi connectivity index (χ3n) is 4.59. The summed E-state index contributed by atoms with van der Waals surface area (Å²) in [7, 11) is 1.47. The van der Waals surface area contributed by atoms with E-state index >= 15 is 0 Å². The molecule has 0 saturated carbocycles. The highest BCUT2D eigenvalue weighted by molar-refractivity contribution is 6.03. The fourth-order valence-electron chi connectivity index (χ4n) is 3.23. The van der Waals surface area contributed by atoms with Crippen LogP contribution in [0.1, 0.15) is 6.92 Å². The zero-order valence-corrected chi connectivity index (χ0v) is 16.8. The Labute approximate surface area is 180 Å². The van der Waals surface area contributed by atoms with Crippen LogP contribution in [0.3, 0.4) is 0 Å². The molecule has 0 spiro atoms. The summed E-state index contributed by atoms with van der Waals surface area (Å²) in [5.74, 6) is -3.61. The molecule has 2 aromatic carbocycles. The maximum absolute atomic E-state index is 14.6. The van der Waals surface area contributed by atoms with E-state index in [0.717, 1.165) is 4.90 Å². The number of hydrogen-bond acceptors (Lipinski definition) is 6. The van der Waals surface area contributed by atoms with E-state index in [0.29, 0.717) is 23.6 Å². The van der Waals surface area contributed by atoms with Crippen LogP contribution >= 0.6 is 0 Å². The van der Waals surface area contributed by atoms with Gasteiger partial charge in [-0.15, -0.1) is 0 Å². The Balaban J connectivity index is 2.00. The Kier molecular flexibility index (Phi) is 5.59. The number of rotatable bonds is 5. The monoisotopic (exact) mass is 440 g/mol. The fraction of sp³-hybridized carbons (Fsp3) is 0.0909. The molecule has 4 aromatic rings. The topological polar surface area (TPSA) is 81.4 Å². The van der Waals surface area contributed by atoms with Crippen molar-refractivity contribution in [2.75, 3.05) is 12.0 Å². The van der Waals surface area contributed by atoms with Crippen LogP contribution in [0.25, 0.3) is 22.5 Å². The third kappa shape index (κ3) is 3.78. The van der Waals surface area contributed by atoms with E-state index in [4.69, 9.17) is 9.26 Å². The van der Waals surface area contributed by atoms with Crippen LogP contribution in [0.2, 0.25) is 0 Å². The molecule has 1 amide bonds. The highest BCUT2D eigenvalue weighted by Crippen LogP contribution is 2.43. The quantitative estimate of drug-likeness (QED) is 0.439. The molecule has 0 aliphatic rings. The van der Waals surface area contributed by atoms with Crippen molar-refractivity contribution >= 4 is 17.5 Å². The average Bonchev–Trinajstić information content (AvgIpc) is 3.17. The number of benzene rings is 2. The van der Waals surface area contributed by atoms with Gasteiger partial charge in [0.05, 0.1) is 29.6 Å². The number of halogens is 3. The predicted molar refractivity (Wildman–Crippen MR) is 109 cm³/mol. The van der Waals surface area contributed by atoms with Crippen LogP contribution in [0.5, 0.6) is 5.75 Å². The zero-order valence-electron chi connectivity index (χ0n) is 16.8. The van der Waals surface area contributed by atoms with Gasteiger partial charge < -0.3 is 9.26 Å². The predicted octanol–water partition coefficient (Wildman–Crippen LogP) is 4.91. The summed E-state index contributed by atoms with van der Waals surface area (Å²) in [4.78, 5) is 21.7. The normalized spacial score (nSPS) is 10.8. The van der Waals surface area contributed by atoms with Crippen molar-refractivity contribution in [1.82, 2.24) is 15.1 Å². The Hall–Kier alpha value is -4.21. The minimum absolute atomic E-state index is 0.0230. The number of amides is 1. The van der Waals surface area contributed by atoms with Gasteiger partial charge in [0.25, 0.3) is 0 Å². The molecule has 0 N–H and O–H groups in total. The molecule has 0 aliphatic heterocycles. The summed E-state index contributed by atoms with van der Waals surface area (Å²) < 4.78 is 53.3. The van der Waals surface area contributed by atoms with Crippen LogP contribution in [-0.2, 0) is 4.79 Å². The van der Waals surface area contributed by atoms with Crippen molar-refractivity contribution in [3.8, 4) is 28.3 Å². The number of ether oxygens (including phenoxy) is 1. The van der Waals surface area contributed by atoms with E-state index in [1.165, 1.54) is 32.6 Å². The average molecular weight is 440 g/mol. The van der Waals surface area contributed by atoms with Crippen LogP contribution in [0.4, 0.5) is 24.7 Å². The lowest BCUT2D eigenvalue weighted by Gasteiger charge is -2.19. The summed E-state index contributed by atoms with van der Waals surface area (Å²) in [5.41, 5.74) is -0.347. The van der Waals surface area contributed by atoms with Crippen molar-refractivity contribution in [3.63, 3.8) is 0 Å². The van der Waals surface area contributed by atoms with E-state index in [-0.39, 0.29) is 22.8 Å². The lowest BCUT2D eigenvalue weighted by molar-refractivity contribution is -0.116. The molecule has 10 heteroatoms. The Morgan fingerprint density at radius 2 is 1.81 bits per heavy atom. The van der Waals surface area contributed by atoms with E-state index in [9.17, 15) is 18.0 Å². The van der Waals surface area contributed by atoms with Crippen molar-refractivity contribution in [3.05, 3.63) is 72.4 Å². The highest BCUT2D eigenvalue weighted by atomic mass is 19.1. The molecular formula is C22H15F3N4O3. The molecule has 0 aliphatic carbocycles. The number of anilines is 2. The third-order valence-corrected chi connectivity index (χ3v) is 4.59. The lowest BCUT2D eigenvalue weighted by Crippen LogP contribution is -2.23. The molecule has 0 unspecified atom stereocenters. The first-order valence-electron chi connectivity index (χ1n) is 9.26. The molecule has 0 bridgehead atoms. The molecule has 4 rings (SSSR count). The number of hydrogen-bond donors (Lipinski definition) is 0. The number of nitrogens with zero attached hydrogens (tertiary/aromatic N) is 4. The smallest absolute Gasteiger partial charge is 0.248 e. The van der Waals surface area contributed by atoms with Gasteiger partial charge in [0.1, 0.15) is 35.2 Å². The maximum Gasteiger partial charge on any atom is 0.248 e. The second-order valence-electron chi connectivity index (χ2n) is 6.61. The Morgan fingerprint density at radius 3 is 2.44 bits per heavy atom. The molecule has 2 heterocycles. The minimum Gasteiger partial charge on any atom is -0.497 e. The Bertz CT molecular complexity index is 1270. The summed E-state index contributed by atoms with van der Waals surface area (Å²) in [5, 5.41) is 3.82. The Morgan fingerprint density at radius 1 is 1.06 bits per heavy atom. The van der Waals surface area contributed by atoms with Crippen LogP contribution < -0.4 is 9.64 Å². The first-order chi connectivity index (χ1) is 15.4. The van der Waals surface area contributed by atoms with E-state index in [1.807, 2.05) is 0 Å². The molecule has 0 saturated heterocycles. The lowest BCUT2D eigenvalue weighted by atomic mass is 10.0. The van der Waals surface area contributed by atoms with E-state index in [1.54, 1.807) is 24.3 Å². The number of carbonyl (C=O) groups is 1. The minimum atomic E-state index is -1.19. The van der Waals surface area contributed by atoms with Gasteiger partial charge >= 0.3 is 0 Å². The van der Waals surface area contributed by atoms with Gasteiger partial charge in [-0.1, -0.05) is 11.2 Å². The van der Waals surface area contributed by atoms with Gasteiger partial charge in [-0.2, -0.15) is 0 Å². The molecule has 0 fully saturated rings. The van der Waals surface area contributed by atoms with Gasteiger partial charge in [-0.05, 0) is 18.2 Å². The molecule has 32 heavy (non-hydrogen) atoms. The zero-order chi connectivity index (χ0) is 22.8. The summed E-state index contributed by atoms with van der Waals surface area (Å²) >= 11 is 0. The van der Waals surface area contributed by atoms with E-state index in [2.05, 4.69) is 15.1 Å². The van der Waals surface area contributed by atoms with Gasteiger partial charge in [0.2, 0.25) is 11.8 Å². The number of carbonyl (C=O) groups excluding carboxylic acids is 1. The van der Waals surface area contributed by atoms with E-state index < -0.39 is 28.9 Å². The first kappa shape index (κ1) is 21.0. The molecule has 2 aromatic heterocycles. The second kappa shape index (κ2) is 8.50. The largest absolute Gasteiger partial charge is 0.497 e.